The average molecular weight is 426 g/mol. The van der Waals surface area contributed by atoms with E-state index in [2.05, 4.69) is 31.2 Å². The molecular weight excluding hydrogens is 400 g/mol. The first-order valence-electron chi connectivity index (χ1n) is 9.94. The molecule has 1 aromatic heterocycles. The summed E-state index contributed by atoms with van der Waals surface area (Å²) >= 11 is 0. The SMILES string of the molecule is CNCCN/C=c1\c(O)c(C)c(=O)c2[nH]c3c(C(=O)NCCNC)ccc(=O)c3nc12. The number of fused-ring (bicyclic) bond motifs is 2. The standard InChI is InChI=1S/C21H26N6O4/c1-11-19(29)13(10-24-8-6-22-2)16-18(20(11)30)27-15-12(21(31)25-9-7-23-3)4-5-14(28)17(15)26-16/h4-5,10,22-24,27,29H,6-9H2,1-3H3,(H,25,31)/b13-10-. The molecule has 0 atom stereocenters. The molecule has 0 radical (unpaired) electrons. The number of nitrogens with one attached hydrogen (secondary N) is 5. The van der Waals surface area contributed by atoms with E-state index in [-0.39, 0.29) is 44.9 Å². The summed E-state index contributed by atoms with van der Waals surface area (Å²) in [5.74, 6) is -0.593. The molecule has 0 aliphatic rings. The van der Waals surface area contributed by atoms with Gasteiger partial charge in [0.05, 0.1) is 16.3 Å². The number of nitrogens with zero attached hydrogens (tertiary/aromatic N) is 1. The second kappa shape index (κ2) is 9.54. The van der Waals surface area contributed by atoms with Crippen LogP contribution in [0.5, 0.6) is 5.75 Å². The number of aromatic amines is 1. The van der Waals surface area contributed by atoms with E-state index < -0.39 is 10.9 Å². The van der Waals surface area contributed by atoms with Crippen molar-refractivity contribution < 1.29 is 9.90 Å². The van der Waals surface area contributed by atoms with E-state index in [4.69, 9.17) is 0 Å². The van der Waals surface area contributed by atoms with E-state index in [0.29, 0.717) is 31.4 Å². The Morgan fingerprint density at radius 2 is 1.77 bits per heavy atom. The maximum atomic E-state index is 12.8. The van der Waals surface area contributed by atoms with Crippen molar-refractivity contribution in [2.24, 2.45) is 0 Å². The van der Waals surface area contributed by atoms with Gasteiger partial charge in [0, 0.05) is 37.9 Å². The van der Waals surface area contributed by atoms with E-state index in [1.165, 1.54) is 19.1 Å². The Balaban J connectivity index is 2.28. The fourth-order valence-corrected chi connectivity index (χ4v) is 3.22. The maximum absolute atomic E-state index is 12.8. The van der Waals surface area contributed by atoms with Crippen LogP contribution in [0, 0.1) is 6.92 Å². The van der Waals surface area contributed by atoms with Crippen molar-refractivity contribution in [2.45, 2.75) is 6.92 Å². The number of aromatic nitrogens is 2. The maximum Gasteiger partial charge on any atom is 0.253 e. The van der Waals surface area contributed by atoms with Crippen LogP contribution in [0.15, 0.2) is 21.7 Å². The Bertz CT molecular complexity index is 1300. The zero-order chi connectivity index (χ0) is 22.5. The molecule has 0 saturated heterocycles. The first-order chi connectivity index (χ1) is 14.9. The largest absolute Gasteiger partial charge is 0.507 e. The van der Waals surface area contributed by atoms with Gasteiger partial charge in [-0.25, -0.2) is 4.98 Å². The number of likely N-dealkylation sites (N-methyl/N-ethyl adjacent to an activating group) is 2. The van der Waals surface area contributed by atoms with E-state index in [1.807, 2.05) is 7.05 Å². The van der Waals surface area contributed by atoms with Crippen LogP contribution in [0.25, 0.3) is 28.3 Å². The molecule has 0 bridgehead atoms. The highest BCUT2D eigenvalue weighted by atomic mass is 16.3. The second-order valence-corrected chi connectivity index (χ2v) is 7.07. The van der Waals surface area contributed by atoms with Crippen LogP contribution in [0.3, 0.4) is 0 Å². The zero-order valence-corrected chi connectivity index (χ0v) is 17.7. The van der Waals surface area contributed by atoms with Gasteiger partial charge in [-0.3, -0.25) is 14.4 Å². The third kappa shape index (κ3) is 4.35. The number of hydrogen-bond acceptors (Lipinski definition) is 8. The molecular formula is C21H26N6O4. The Kier molecular flexibility index (Phi) is 6.83. The molecule has 0 fully saturated rings. The third-order valence-corrected chi connectivity index (χ3v) is 4.96. The van der Waals surface area contributed by atoms with Crippen LogP contribution in [-0.2, 0) is 0 Å². The fraction of sp³-hybridized carbons (Fsp3) is 0.333. The number of carbonyl (C=O) groups excluding carboxylic acids is 1. The normalized spacial score (nSPS) is 11.9. The molecule has 0 aliphatic heterocycles. The summed E-state index contributed by atoms with van der Waals surface area (Å²) in [6.07, 6.45) is 1.56. The van der Waals surface area contributed by atoms with Gasteiger partial charge in [-0.1, -0.05) is 0 Å². The van der Waals surface area contributed by atoms with E-state index >= 15 is 0 Å². The van der Waals surface area contributed by atoms with E-state index in [9.17, 15) is 19.5 Å². The molecule has 2 aromatic carbocycles. The van der Waals surface area contributed by atoms with E-state index in [1.54, 1.807) is 13.2 Å². The first kappa shape index (κ1) is 22.2. The first-order valence-corrected chi connectivity index (χ1v) is 9.94. The highest BCUT2D eigenvalue weighted by Crippen LogP contribution is 2.17. The van der Waals surface area contributed by atoms with E-state index in [0.717, 1.165) is 0 Å². The molecule has 1 amide bonds. The van der Waals surface area contributed by atoms with Gasteiger partial charge in [-0.2, -0.15) is 0 Å². The number of aromatic hydroxyl groups is 1. The van der Waals surface area contributed by atoms with Gasteiger partial charge in [0.1, 0.15) is 22.3 Å². The Morgan fingerprint density at radius 3 is 2.48 bits per heavy atom. The monoisotopic (exact) mass is 426 g/mol. The molecule has 6 N–H and O–H groups in total. The molecule has 0 spiro atoms. The fourth-order valence-electron chi connectivity index (χ4n) is 3.22. The van der Waals surface area contributed by atoms with Gasteiger partial charge < -0.3 is 31.4 Å². The molecule has 0 aliphatic carbocycles. The number of phenols is 1. The Hall–Kier alpha value is -3.50. The van der Waals surface area contributed by atoms with Gasteiger partial charge in [-0.15, -0.1) is 0 Å². The summed E-state index contributed by atoms with van der Waals surface area (Å²) in [4.78, 5) is 45.3. The minimum absolute atomic E-state index is 0.0151. The minimum atomic E-state index is -0.452. The number of phenolic OH excluding ortho intramolecular Hbond substituents is 1. The van der Waals surface area contributed by atoms with Crippen molar-refractivity contribution in [3.05, 3.63) is 48.9 Å². The smallest absolute Gasteiger partial charge is 0.253 e. The van der Waals surface area contributed by atoms with Crippen LogP contribution >= 0.6 is 0 Å². The van der Waals surface area contributed by atoms with Crippen LogP contribution in [0.2, 0.25) is 0 Å². The summed E-state index contributed by atoms with van der Waals surface area (Å²) in [5.41, 5.74) is -0.0392. The molecule has 164 valence electrons. The lowest BCUT2D eigenvalue weighted by Crippen LogP contribution is -2.31. The van der Waals surface area contributed by atoms with Crippen molar-refractivity contribution in [1.82, 2.24) is 31.2 Å². The predicted octanol–water partition coefficient (Wildman–Crippen LogP) is -1.33. The van der Waals surface area contributed by atoms with Crippen molar-refractivity contribution in [2.75, 3.05) is 40.3 Å². The lowest BCUT2D eigenvalue weighted by atomic mass is 10.1. The molecule has 0 unspecified atom stereocenters. The van der Waals surface area contributed by atoms with Crippen LogP contribution in [0.4, 0.5) is 0 Å². The van der Waals surface area contributed by atoms with Crippen LogP contribution in [-0.4, -0.2) is 61.3 Å². The van der Waals surface area contributed by atoms with Gasteiger partial charge in [0.25, 0.3) is 5.91 Å². The van der Waals surface area contributed by atoms with Crippen molar-refractivity contribution in [3.8, 4) is 5.75 Å². The number of hydrogen-bond donors (Lipinski definition) is 6. The second-order valence-electron chi connectivity index (χ2n) is 7.07. The molecule has 1 heterocycles. The Labute approximate surface area is 177 Å². The lowest BCUT2D eigenvalue weighted by Gasteiger charge is -2.10. The average Bonchev–Trinajstić information content (AvgIpc) is 2.77. The predicted molar refractivity (Wildman–Crippen MR) is 120 cm³/mol. The highest BCUT2D eigenvalue weighted by Gasteiger charge is 2.18. The third-order valence-electron chi connectivity index (χ3n) is 4.96. The number of H-pyrrole nitrogens is 1. The summed E-state index contributed by atoms with van der Waals surface area (Å²) in [6, 6.07) is 2.68. The topological polar surface area (TPSA) is 148 Å². The Morgan fingerprint density at radius 1 is 1.06 bits per heavy atom. The summed E-state index contributed by atoms with van der Waals surface area (Å²) < 4.78 is 0. The molecule has 3 aromatic rings. The van der Waals surface area contributed by atoms with Gasteiger partial charge in [0.2, 0.25) is 10.9 Å². The molecule has 3 rings (SSSR count). The highest BCUT2D eigenvalue weighted by molar-refractivity contribution is 6.06. The van der Waals surface area contributed by atoms with Crippen LogP contribution < -0.4 is 37.3 Å². The summed E-state index contributed by atoms with van der Waals surface area (Å²) in [7, 11) is 3.59. The van der Waals surface area contributed by atoms with Gasteiger partial charge in [-0.05, 0) is 33.2 Å². The molecule has 10 heteroatoms. The summed E-state index contributed by atoms with van der Waals surface area (Å²) in [6.45, 7) is 3.75. The number of rotatable bonds is 8. The van der Waals surface area contributed by atoms with Crippen LogP contribution in [0.1, 0.15) is 15.9 Å². The van der Waals surface area contributed by atoms with Crippen molar-refractivity contribution in [3.63, 3.8) is 0 Å². The molecule has 31 heavy (non-hydrogen) atoms. The van der Waals surface area contributed by atoms with Crippen molar-refractivity contribution in [1.29, 1.82) is 0 Å². The molecule has 0 saturated carbocycles. The van der Waals surface area contributed by atoms with Gasteiger partial charge in [0.15, 0.2) is 0 Å². The van der Waals surface area contributed by atoms with Crippen molar-refractivity contribution >= 4 is 34.2 Å². The minimum Gasteiger partial charge on any atom is -0.507 e. The molecule has 10 nitrogen and oxygen atoms in total. The quantitative estimate of drug-likeness (QED) is 0.192. The number of carbonyl (C=O) groups is 1. The summed E-state index contributed by atoms with van der Waals surface area (Å²) in [5, 5.41) is 22.6. The number of amides is 1. The zero-order valence-electron chi connectivity index (χ0n) is 17.7. The number of benzene rings is 2. The lowest BCUT2D eigenvalue weighted by molar-refractivity contribution is 0.0955. The van der Waals surface area contributed by atoms with Gasteiger partial charge >= 0.3 is 0 Å².